The molecule has 3 heterocycles. The van der Waals surface area contributed by atoms with Gasteiger partial charge in [0.25, 0.3) is 10.2 Å². The molecule has 7 nitrogen and oxygen atoms in total. The van der Waals surface area contributed by atoms with Gasteiger partial charge in [-0.1, -0.05) is 11.6 Å². The molecule has 2 fully saturated rings. The van der Waals surface area contributed by atoms with Gasteiger partial charge in [-0.25, -0.2) is 4.98 Å². The lowest BCUT2D eigenvalue weighted by molar-refractivity contribution is 0.0700. The molecule has 9 heteroatoms. The van der Waals surface area contributed by atoms with Crippen LogP contribution in [0.4, 0.5) is 5.69 Å². The van der Waals surface area contributed by atoms with Crippen molar-refractivity contribution in [3.63, 3.8) is 0 Å². The second-order valence-corrected chi connectivity index (χ2v) is 7.56. The summed E-state index contributed by atoms with van der Waals surface area (Å²) in [4.78, 5) is 6.09. The van der Waals surface area contributed by atoms with Crippen LogP contribution in [0.3, 0.4) is 0 Å². The Morgan fingerprint density at radius 3 is 2.32 bits per heavy atom. The summed E-state index contributed by atoms with van der Waals surface area (Å²) in [7, 11) is -3.38. The summed E-state index contributed by atoms with van der Waals surface area (Å²) >= 11 is 5.90. The van der Waals surface area contributed by atoms with Crippen molar-refractivity contribution in [3.05, 3.63) is 23.5 Å². The Kier molecular flexibility index (Phi) is 4.84. The molecular formula is C13H19ClN4O3S. The molecule has 3 rings (SSSR count). The molecule has 0 N–H and O–H groups in total. The number of ether oxygens (including phenoxy) is 1. The number of hydrogen-bond donors (Lipinski definition) is 0. The van der Waals surface area contributed by atoms with Crippen LogP contribution in [0.1, 0.15) is 0 Å². The Morgan fingerprint density at radius 2 is 1.68 bits per heavy atom. The monoisotopic (exact) mass is 346 g/mol. The van der Waals surface area contributed by atoms with Crippen LogP contribution in [0.25, 0.3) is 0 Å². The Labute approximate surface area is 135 Å². The maximum atomic E-state index is 12.6. The maximum absolute atomic E-state index is 12.6. The minimum absolute atomic E-state index is 0.433. The number of hydrogen-bond acceptors (Lipinski definition) is 5. The number of morpholine rings is 1. The van der Waals surface area contributed by atoms with Crippen molar-refractivity contribution in [1.29, 1.82) is 0 Å². The van der Waals surface area contributed by atoms with Crippen LogP contribution in [0.15, 0.2) is 18.3 Å². The molecule has 1 aromatic rings. The minimum atomic E-state index is -3.38. The molecule has 2 aliphatic heterocycles. The number of piperazine rings is 1. The molecule has 22 heavy (non-hydrogen) atoms. The maximum Gasteiger partial charge on any atom is 0.282 e. The summed E-state index contributed by atoms with van der Waals surface area (Å²) in [5, 5.41) is 0.445. The highest BCUT2D eigenvalue weighted by Gasteiger charge is 2.33. The molecule has 122 valence electrons. The van der Waals surface area contributed by atoms with E-state index in [9.17, 15) is 8.42 Å². The lowest BCUT2D eigenvalue weighted by Gasteiger charge is -2.38. The van der Waals surface area contributed by atoms with Gasteiger partial charge in [0.15, 0.2) is 0 Å². The van der Waals surface area contributed by atoms with Crippen LogP contribution in [-0.2, 0) is 14.9 Å². The first-order valence-electron chi connectivity index (χ1n) is 7.27. The van der Waals surface area contributed by atoms with Gasteiger partial charge in [-0.15, -0.1) is 0 Å². The van der Waals surface area contributed by atoms with E-state index in [0.29, 0.717) is 57.6 Å². The van der Waals surface area contributed by atoms with Crippen molar-refractivity contribution in [2.75, 3.05) is 57.4 Å². The van der Waals surface area contributed by atoms with Crippen LogP contribution in [-0.4, -0.2) is 74.5 Å². The predicted octanol–water partition coefficient (Wildman–Crippen LogP) is 0.434. The lowest BCUT2D eigenvalue weighted by atomic mass is 10.3. The van der Waals surface area contributed by atoms with Crippen molar-refractivity contribution in [2.45, 2.75) is 0 Å². The molecule has 0 aromatic carbocycles. The number of pyridine rings is 1. The highest BCUT2D eigenvalue weighted by molar-refractivity contribution is 7.86. The third kappa shape index (κ3) is 3.36. The predicted molar refractivity (Wildman–Crippen MR) is 84.3 cm³/mol. The van der Waals surface area contributed by atoms with E-state index in [1.54, 1.807) is 16.6 Å². The molecule has 2 aliphatic rings. The molecule has 0 radical (unpaired) electrons. The average Bonchev–Trinajstić information content (AvgIpc) is 2.56. The molecule has 0 aliphatic carbocycles. The summed E-state index contributed by atoms with van der Waals surface area (Å²) in [5.74, 6) is 0. The van der Waals surface area contributed by atoms with Crippen molar-refractivity contribution in [3.8, 4) is 0 Å². The van der Waals surface area contributed by atoms with Gasteiger partial charge in [0, 0.05) is 51.2 Å². The van der Waals surface area contributed by atoms with Gasteiger partial charge >= 0.3 is 0 Å². The standard InChI is InChI=1S/C13H19ClN4O3S/c14-13-11-12(1-2-15-13)16-3-5-17(6-4-16)22(19,20)18-7-9-21-10-8-18/h1-2,11H,3-10H2. The number of anilines is 1. The highest BCUT2D eigenvalue weighted by Crippen LogP contribution is 2.21. The summed E-state index contributed by atoms with van der Waals surface area (Å²) < 4.78 is 33.4. The summed E-state index contributed by atoms with van der Waals surface area (Å²) in [6.45, 7) is 4.03. The molecule has 1 aromatic heterocycles. The highest BCUT2D eigenvalue weighted by atomic mass is 35.5. The summed E-state index contributed by atoms with van der Waals surface area (Å²) in [6, 6.07) is 3.69. The first kappa shape index (κ1) is 15.9. The fourth-order valence-corrected chi connectivity index (χ4v) is 4.44. The average molecular weight is 347 g/mol. The van der Waals surface area contributed by atoms with E-state index in [1.807, 2.05) is 6.07 Å². The van der Waals surface area contributed by atoms with E-state index in [1.165, 1.54) is 4.31 Å². The third-order valence-corrected chi connectivity index (χ3v) is 6.18. The van der Waals surface area contributed by atoms with Crippen LogP contribution < -0.4 is 4.90 Å². The Morgan fingerprint density at radius 1 is 1.05 bits per heavy atom. The molecule has 0 atom stereocenters. The zero-order valence-electron chi connectivity index (χ0n) is 12.2. The van der Waals surface area contributed by atoms with Crippen molar-refractivity contribution >= 4 is 27.5 Å². The van der Waals surface area contributed by atoms with Gasteiger partial charge in [-0.2, -0.15) is 17.0 Å². The fourth-order valence-electron chi connectivity index (χ4n) is 2.71. The quantitative estimate of drug-likeness (QED) is 0.743. The topological polar surface area (TPSA) is 66.0 Å². The van der Waals surface area contributed by atoms with Crippen LogP contribution in [0.5, 0.6) is 0 Å². The molecule has 0 spiro atoms. The van der Waals surface area contributed by atoms with Crippen LogP contribution in [0, 0.1) is 0 Å². The van der Waals surface area contributed by atoms with Crippen molar-refractivity contribution in [1.82, 2.24) is 13.6 Å². The third-order valence-electron chi connectivity index (χ3n) is 3.94. The SMILES string of the molecule is O=S(=O)(N1CCOCC1)N1CCN(c2ccnc(Cl)c2)CC1. The second-order valence-electron chi connectivity index (χ2n) is 5.24. The zero-order valence-corrected chi connectivity index (χ0v) is 13.8. The molecule has 0 amide bonds. The Hall–Kier alpha value is -0.930. The molecule has 0 unspecified atom stereocenters. The molecule has 0 saturated carbocycles. The lowest BCUT2D eigenvalue weighted by Crippen LogP contribution is -2.55. The van der Waals surface area contributed by atoms with Crippen molar-refractivity contribution < 1.29 is 13.2 Å². The van der Waals surface area contributed by atoms with E-state index >= 15 is 0 Å². The van der Waals surface area contributed by atoms with Crippen LogP contribution in [0.2, 0.25) is 5.15 Å². The largest absolute Gasteiger partial charge is 0.379 e. The van der Waals surface area contributed by atoms with Crippen LogP contribution >= 0.6 is 11.6 Å². The van der Waals surface area contributed by atoms with Gasteiger partial charge in [0.1, 0.15) is 5.15 Å². The number of aromatic nitrogens is 1. The first-order chi connectivity index (χ1) is 10.6. The van der Waals surface area contributed by atoms with E-state index in [2.05, 4.69) is 9.88 Å². The Balaban J connectivity index is 1.63. The number of rotatable bonds is 3. The minimum Gasteiger partial charge on any atom is -0.379 e. The van der Waals surface area contributed by atoms with Gasteiger partial charge < -0.3 is 9.64 Å². The number of nitrogens with zero attached hydrogens (tertiary/aromatic N) is 4. The molecular weight excluding hydrogens is 328 g/mol. The van der Waals surface area contributed by atoms with E-state index in [-0.39, 0.29) is 0 Å². The number of halogens is 1. The summed E-state index contributed by atoms with van der Waals surface area (Å²) in [6.07, 6.45) is 1.66. The van der Waals surface area contributed by atoms with E-state index < -0.39 is 10.2 Å². The van der Waals surface area contributed by atoms with Gasteiger partial charge in [-0.05, 0) is 12.1 Å². The fraction of sp³-hybridized carbons (Fsp3) is 0.615. The van der Waals surface area contributed by atoms with Gasteiger partial charge in [0.2, 0.25) is 0 Å². The van der Waals surface area contributed by atoms with Gasteiger partial charge in [0.05, 0.1) is 13.2 Å². The Bertz CT molecular complexity index is 613. The zero-order chi connectivity index (χ0) is 15.6. The summed E-state index contributed by atoms with van der Waals surface area (Å²) in [5.41, 5.74) is 0.975. The van der Waals surface area contributed by atoms with E-state index in [0.717, 1.165) is 5.69 Å². The van der Waals surface area contributed by atoms with Crippen molar-refractivity contribution in [2.24, 2.45) is 0 Å². The smallest absolute Gasteiger partial charge is 0.282 e. The molecule has 0 bridgehead atoms. The second kappa shape index (κ2) is 6.67. The first-order valence-corrected chi connectivity index (χ1v) is 9.04. The van der Waals surface area contributed by atoms with Gasteiger partial charge in [-0.3, -0.25) is 0 Å². The normalized spacial score (nSPS) is 22.0. The molecule has 2 saturated heterocycles. The van der Waals surface area contributed by atoms with E-state index in [4.69, 9.17) is 16.3 Å².